The molecule has 0 bridgehead atoms. The number of carbonyl (C=O) groups excluding carboxylic acids is 2. The van der Waals surface area contributed by atoms with E-state index in [1.807, 2.05) is 20.8 Å². The van der Waals surface area contributed by atoms with E-state index in [0.717, 1.165) is 24.8 Å². The first kappa shape index (κ1) is 19.1. The molecule has 2 amide bonds. The first-order valence-corrected chi connectivity index (χ1v) is 9.20. The molecule has 5 heteroatoms. The molecule has 0 aromatic heterocycles. The molecule has 0 unspecified atom stereocenters. The molecule has 27 heavy (non-hydrogen) atoms. The molecule has 1 aliphatic carbocycles. The Labute approximate surface area is 159 Å². The zero-order valence-corrected chi connectivity index (χ0v) is 15.9. The third kappa shape index (κ3) is 4.02. The minimum absolute atomic E-state index is 0.0900. The van der Waals surface area contributed by atoms with Crippen LogP contribution in [-0.2, 0) is 15.0 Å². The molecule has 0 spiro atoms. The van der Waals surface area contributed by atoms with Crippen molar-refractivity contribution < 1.29 is 14.0 Å². The number of benzene rings is 2. The molecule has 2 N–H and O–H groups in total. The van der Waals surface area contributed by atoms with E-state index in [1.54, 1.807) is 36.4 Å². The summed E-state index contributed by atoms with van der Waals surface area (Å²) in [7, 11) is 0. The van der Waals surface area contributed by atoms with E-state index in [2.05, 4.69) is 10.6 Å². The van der Waals surface area contributed by atoms with Crippen LogP contribution in [0.2, 0.25) is 0 Å². The van der Waals surface area contributed by atoms with E-state index >= 15 is 0 Å². The molecule has 1 saturated carbocycles. The van der Waals surface area contributed by atoms with Gasteiger partial charge in [0.15, 0.2) is 0 Å². The highest BCUT2D eigenvalue weighted by molar-refractivity contribution is 6.01. The fourth-order valence-electron chi connectivity index (χ4n) is 3.19. The van der Waals surface area contributed by atoms with Gasteiger partial charge in [0, 0.05) is 16.8 Å². The Balaban J connectivity index is 1.76. The van der Waals surface area contributed by atoms with Crippen LogP contribution in [0.5, 0.6) is 0 Å². The first-order valence-electron chi connectivity index (χ1n) is 9.20. The van der Waals surface area contributed by atoms with Gasteiger partial charge in [-0.1, -0.05) is 45.4 Å². The number of anilines is 2. The van der Waals surface area contributed by atoms with Gasteiger partial charge in [-0.3, -0.25) is 9.59 Å². The second kappa shape index (κ2) is 7.14. The summed E-state index contributed by atoms with van der Waals surface area (Å²) in [6, 6.07) is 13.3. The minimum Gasteiger partial charge on any atom is -0.326 e. The van der Waals surface area contributed by atoms with Crippen LogP contribution < -0.4 is 10.6 Å². The zero-order chi connectivity index (χ0) is 19.7. The first-order chi connectivity index (χ1) is 12.7. The third-order valence-electron chi connectivity index (χ3n) is 5.10. The van der Waals surface area contributed by atoms with Gasteiger partial charge < -0.3 is 10.6 Å². The average molecular weight is 368 g/mol. The summed E-state index contributed by atoms with van der Waals surface area (Å²) in [6.07, 6.45) is 2.45. The highest BCUT2D eigenvalue weighted by Gasteiger charge is 2.45. The summed E-state index contributed by atoms with van der Waals surface area (Å²) in [4.78, 5) is 25.2. The lowest BCUT2D eigenvalue weighted by molar-refractivity contribution is -0.124. The van der Waals surface area contributed by atoms with Crippen molar-refractivity contribution in [1.82, 2.24) is 0 Å². The molecule has 3 rings (SSSR count). The summed E-state index contributed by atoms with van der Waals surface area (Å²) in [5.74, 6) is -0.497. The van der Waals surface area contributed by atoms with E-state index in [9.17, 15) is 14.0 Å². The molecule has 1 aliphatic rings. The molecule has 0 atom stereocenters. The molecule has 2 aromatic rings. The fraction of sp³-hybridized carbons (Fsp3) is 0.364. The molecule has 0 saturated heterocycles. The topological polar surface area (TPSA) is 58.2 Å². The molecule has 142 valence electrons. The average Bonchev–Trinajstić information content (AvgIpc) is 2.55. The van der Waals surface area contributed by atoms with Gasteiger partial charge in [0.2, 0.25) is 11.8 Å². The predicted octanol–water partition coefficient (Wildman–Crippen LogP) is 4.87. The van der Waals surface area contributed by atoms with E-state index in [1.165, 1.54) is 12.1 Å². The fourth-order valence-corrected chi connectivity index (χ4v) is 3.19. The maximum absolute atomic E-state index is 13.2. The van der Waals surface area contributed by atoms with Gasteiger partial charge in [0.05, 0.1) is 5.41 Å². The quantitative estimate of drug-likeness (QED) is 0.809. The number of rotatable bonds is 4. The number of carbonyl (C=O) groups is 2. The van der Waals surface area contributed by atoms with Crippen LogP contribution in [0.3, 0.4) is 0 Å². The summed E-state index contributed by atoms with van der Waals surface area (Å²) in [5.41, 5.74) is 0.984. The molecule has 4 nitrogen and oxygen atoms in total. The molecule has 0 heterocycles. The van der Waals surface area contributed by atoms with Gasteiger partial charge in [-0.15, -0.1) is 0 Å². The van der Waals surface area contributed by atoms with E-state index in [-0.39, 0.29) is 17.6 Å². The molecule has 0 aliphatic heterocycles. The maximum Gasteiger partial charge on any atom is 0.235 e. The van der Waals surface area contributed by atoms with Gasteiger partial charge in [-0.05, 0) is 48.7 Å². The Kier molecular flexibility index (Phi) is 5.05. The lowest BCUT2D eigenvalue weighted by atomic mass is 9.64. The van der Waals surface area contributed by atoms with Gasteiger partial charge in [-0.2, -0.15) is 0 Å². The highest BCUT2D eigenvalue weighted by Crippen LogP contribution is 2.44. The largest absolute Gasteiger partial charge is 0.326 e. The van der Waals surface area contributed by atoms with Crippen LogP contribution in [0.25, 0.3) is 0 Å². The summed E-state index contributed by atoms with van der Waals surface area (Å²) in [6.45, 7) is 5.53. The molecule has 2 aromatic carbocycles. The Morgan fingerprint density at radius 2 is 1.56 bits per heavy atom. The van der Waals surface area contributed by atoms with Crippen molar-refractivity contribution in [2.24, 2.45) is 5.41 Å². The van der Waals surface area contributed by atoms with Gasteiger partial charge in [0.1, 0.15) is 5.82 Å². The van der Waals surface area contributed by atoms with Crippen LogP contribution in [0, 0.1) is 11.2 Å². The van der Waals surface area contributed by atoms with Crippen LogP contribution in [-0.4, -0.2) is 11.8 Å². The highest BCUT2D eigenvalue weighted by atomic mass is 19.1. The smallest absolute Gasteiger partial charge is 0.235 e. The van der Waals surface area contributed by atoms with Crippen LogP contribution in [0.1, 0.15) is 45.6 Å². The van der Waals surface area contributed by atoms with Crippen molar-refractivity contribution >= 4 is 23.2 Å². The maximum atomic E-state index is 13.2. The van der Waals surface area contributed by atoms with Crippen LogP contribution in [0.4, 0.5) is 15.8 Å². The van der Waals surface area contributed by atoms with Gasteiger partial charge >= 0.3 is 0 Å². The number of halogens is 1. The number of amides is 2. The van der Waals surface area contributed by atoms with Crippen LogP contribution in [0.15, 0.2) is 48.5 Å². The standard InChI is InChI=1S/C22H25FN2O2/c1-21(2,3)19(26)24-17-6-4-7-18(14-17)25-20(27)22(12-5-13-22)15-8-10-16(23)11-9-15/h4,6-11,14H,5,12-13H2,1-3H3,(H,24,26)(H,25,27). The van der Waals surface area contributed by atoms with Crippen LogP contribution >= 0.6 is 0 Å². The normalized spacial score (nSPS) is 15.6. The van der Waals surface area contributed by atoms with Crippen molar-refractivity contribution in [3.05, 3.63) is 59.9 Å². The van der Waals surface area contributed by atoms with Crippen molar-refractivity contribution in [3.8, 4) is 0 Å². The lowest BCUT2D eigenvalue weighted by Crippen LogP contribution is -2.46. The van der Waals surface area contributed by atoms with Crippen molar-refractivity contribution in [1.29, 1.82) is 0 Å². The van der Waals surface area contributed by atoms with E-state index in [4.69, 9.17) is 0 Å². The number of hydrogen-bond acceptors (Lipinski definition) is 2. The van der Waals surface area contributed by atoms with Crippen molar-refractivity contribution in [2.75, 3.05) is 10.6 Å². The number of nitrogens with one attached hydrogen (secondary N) is 2. The van der Waals surface area contributed by atoms with E-state index in [0.29, 0.717) is 11.4 Å². The predicted molar refractivity (Wildman–Crippen MR) is 105 cm³/mol. The minimum atomic E-state index is -0.613. The zero-order valence-electron chi connectivity index (χ0n) is 15.9. The summed E-state index contributed by atoms with van der Waals surface area (Å²) < 4.78 is 13.2. The summed E-state index contributed by atoms with van der Waals surface area (Å²) >= 11 is 0. The van der Waals surface area contributed by atoms with E-state index < -0.39 is 10.8 Å². The van der Waals surface area contributed by atoms with Gasteiger partial charge in [-0.25, -0.2) is 4.39 Å². The molecular weight excluding hydrogens is 343 g/mol. The Hall–Kier alpha value is -2.69. The van der Waals surface area contributed by atoms with Crippen molar-refractivity contribution in [2.45, 2.75) is 45.4 Å². The third-order valence-corrected chi connectivity index (χ3v) is 5.10. The van der Waals surface area contributed by atoms with Crippen molar-refractivity contribution in [3.63, 3.8) is 0 Å². The Bertz CT molecular complexity index is 849. The van der Waals surface area contributed by atoms with Gasteiger partial charge in [0.25, 0.3) is 0 Å². The molecule has 1 fully saturated rings. The molecule has 0 radical (unpaired) electrons. The SMILES string of the molecule is CC(C)(C)C(=O)Nc1cccc(NC(=O)C2(c3ccc(F)cc3)CCC2)c1. The molecular formula is C22H25FN2O2. The lowest BCUT2D eigenvalue weighted by Gasteiger charge is -2.40. The Morgan fingerprint density at radius 1 is 0.963 bits per heavy atom. The number of hydrogen-bond donors (Lipinski definition) is 2. The monoisotopic (exact) mass is 368 g/mol. The summed E-state index contributed by atoms with van der Waals surface area (Å²) in [5, 5.41) is 5.83. The second-order valence-electron chi connectivity index (χ2n) is 8.18. The second-order valence-corrected chi connectivity index (χ2v) is 8.18. The Morgan fingerprint density at radius 3 is 2.07 bits per heavy atom.